The van der Waals surface area contributed by atoms with Gasteiger partial charge in [-0.1, -0.05) is 13.8 Å². The predicted octanol–water partition coefficient (Wildman–Crippen LogP) is 3.69. The van der Waals surface area contributed by atoms with Gasteiger partial charge in [0.05, 0.1) is 0 Å². The highest BCUT2D eigenvalue weighted by atomic mass is 15.2. The normalized spacial score (nSPS) is 23.4. The van der Waals surface area contributed by atoms with Crippen LogP contribution in [-0.4, -0.2) is 35.1 Å². The van der Waals surface area contributed by atoms with Crippen LogP contribution in [0.2, 0.25) is 0 Å². The molecule has 0 spiro atoms. The molecule has 3 heteroatoms. The first-order chi connectivity index (χ1) is 9.65. The first-order valence-corrected chi connectivity index (χ1v) is 8.11. The van der Waals surface area contributed by atoms with Gasteiger partial charge in [-0.05, 0) is 63.9 Å². The summed E-state index contributed by atoms with van der Waals surface area (Å²) in [4.78, 5) is 9.59. The highest BCUT2D eigenvalue weighted by Gasteiger charge is 2.25. The number of nitrogens with zero attached hydrogens (tertiary/aromatic N) is 3. The molecule has 2 atom stereocenters. The Morgan fingerprint density at radius 2 is 1.85 bits per heavy atom. The minimum Gasteiger partial charge on any atom is -0.351 e. The molecule has 1 fully saturated rings. The van der Waals surface area contributed by atoms with E-state index in [1.807, 2.05) is 6.20 Å². The number of pyridine rings is 1. The van der Waals surface area contributed by atoms with E-state index in [2.05, 4.69) is 54.6 Å². The molecular formula is C17H29N3. The van der Waals surface area contributed by atoms with Gasteiger partial charge in [0.15, 0.2) is 0 Å². The second kappa shape index (κ2) is 7.07. The summed E-state index contributed by atoms with van der Waals surface area (Å²) in [5, 5.41) is 0. The molecule has 2 heterocycles. The number of aromatic nitrogens is 1. The molecule has 0 amide bonds. The Morgan fingerprint density at radius 1 is 1.20 bits per heavy atom. The molecule has 20 heavy (non-hydrogen) atoms. The molecule has 1 aromatic rings. The average Bonchev–Trinajstić information content (AvgIpc) is 2.45. The summed E-state index contributed by atoms with van der Waals surface area (Å²) < 4.78 is 0. The standard InChI is InChI=1S/C17H29N3/c1-5-19(6-2)13-16-10-11-18-17(12-16)20-14(3)8-7-9-15(20)4/h10-12,14-15H,5-9,13H2,1-4H3. The molecule has 0 radical (unpaired) electrons. The Balaban J connectivity index is 2.16. The molecule has 3 nitrogen and oxygen atoms in total. The van der Waals surface area contributed by atoms with Gasteiger partial charge >= 0.3 is 0 Å². The lowest BCUT2D eigenvalue weighted by molar-refractivity contribution is 0.295. The van der Waals surface area contributed by atoms with Crippen LogP contribution < -0.4 is 4.90 Å². The fraction of sp³-hybridized carbons (Fsp3) is 0.706. The van der Waals surface area contributed by atoms with Crippen molar-refractivity contribution in [1.29, 1.82) is 0 Å². The molecule has 0 bridgehead atoms. The van der Waals surface area contributed by atoms with Gasteiger partial charge in [0.1, 0.15) is 5.82 Å². The number of hydrogen-bond acceptors (Lipinski definition) is 3. The second-order valence-electron chi connectivity index (χ2n) is 6.02. The Kier molecular flexibility index (Phi) is 5.41. The molecule has 0 N–H and O–H groups in total. The number of anilines is 1. The van der Waals surface area contributed by atoms with Crippen LogP contribution in [0.25, 0.3) is 0 Å². The summed E-state index contributed by atoms with van der Waals surface area (Å²) in [7, 11) is 0. The number of piperidine rings is 1. The first-order valence-electron chi connectivity index (χ1n) is 8.11. The van der Waals surface area contributed by atoms with Crippen molar-refractivity contribution < 1.29 is 0 Å². The molecule has 2 unspecified atom stereocenters. The van der Waals surface area contributed by atoms with Crippen LogP contribution >= 0.6 is 0 Å². The zero-order valence-corrected chi connectivity index (χ0v) is 13.5. The maximum Gasteiger partial charge on any atom is 0.129 e. The van der Waals surface area contributed by atoms with Crippen LogP contribution in [0.15, 0.2) is 18.3 Å². The van der Waals surface area contributed by atoms with Gasteiger partial charge < -0.3 is 4.90 Å². The van der Waals surface area contributed by atoms with Gasteiger partial charge in [0.25, 0.3) is 0 Å². The van der Waals surface area contributed by atoms with Crippen molar-refractivity contribution in [1.82, 2.24) is 9.88 Å². The maximum absolute atomic E-state index is 4.63. The van der Waals surface area contributed by atoms with Gasteiger partial charge in [0, 0.05) is 24.8 Å². The molecule has 112 valence electrons. The summed E-state index contributed by atoms with van der Waals surface area (Å²) in [6, 6.07) is 5.66. The third-order valence-electron chi connectivity index (χ3n) is 4.57. The van der Waals surface area contributed by atoms with Gasteiger partial charge in [0.2, 0.25) is 0 Å². The van der Waals surface area contributed by atoms with E-state index in [1.165, 1.54) is 24.8 Å². The summed E-state index contributed by atoms with van der Waals surface area (Å²) in [5.41, 5.74) is 1.38. The van der Waals surface area contributed by atoms with Crippen molar-refractivity contribution in [2.75, 3.05) is 18.0 Å². The smallest absolute Gasteiger partial charge is 0.129 e. The van der Waals surface area contributed by atoms with E-state index in [4.69, 9.17) is 0 Å². The Labute approximate surface area is 124 Å². The van der Waals surface area contributed by atoms with Gasteiger partial charge in [-0.2, -0.15) is 0 Å². The molecule has 1 aromatic heterocycles. The lowest BCUT2D eigenvalue weighted by atomic mass is 9.97. The Morgan fingerprint density at radius 3 is 2.45 bits per heavy atom. The minimum absolute atomic E-state index is 0.606. The van der Waals surface area contributed by atoms with Crippen LogP contribution in [0.3, 0.4) is 0 Å². The van der Waals surface area contributed by atoms with Crippen molar-refractivity contribution in [3.05, 3.63) is 23.9 Å². The van der Waals surface area contributed by atoms with Crippen LogP contribution in [0, 0.1) is 0 Å². The number of rotatable bonds is 5. The second-order valence-corrected chi connectivity index (χ2v) is 6.02. The fourth-order valence-corrected chi connectivity index (χ4v) is 3.28. The molecule has 1 aliphatic heterocycles. The van der Waals surface area contributed by atoms with Crippen LogP contribution in [0.4, 0.5) is 5.82 Å². The Hall–Kier alpha value is -1.09. The molecule has 2 rings (SSSR count). The van der Waals surface area contributed by atoms with E-state index >= 15 is 0 Å². The van der Waals surface area contributed by atoms with Gasteiger partial charge in [-0.15, -0.1) is 0 Å². The zero-order chi connectivity index (χ0) is 14.5. The summed E-state index contributed by atoms with van der Waals surface area (Å²) in [6.45, 7) is 12.3. The van der Waals surface area contributed by atoms with Gasteiger partial charge in [-0.25, -0.2) is 4.98 Å². The third-order valence-corrected chi connectivity index (χ3v) is 4.57. The van der Waals surface area contributed by atoms with Crippen molar-refractivity contribution in [2.24, 2.45) is 0 Å². The highest BCUT2D eigenvalue weighted by molar-refractivity contribution is 5.43. The SMILES string of the molecule is CCN(CC)Cc1ccnc(N2C(C)CCCC2C)c1. The first kappa shape index (κ1) is 15.3. The van der Waals surface area contributed by atoms with E-state index in [9.17, 15) is 0 Å². The van der Waals surface area contributed by atoms with E-state index < -0.39 is 0 Å². The summed E-state index contributed by atoms with van der Waals surface area (Å²) in [5.74, 6) is 1.16. The lowest BCUT2D eigenvalue weighted by Crippen LogP contribution is -2.44. The van der Waals surface area contributed by atoms with E-state index in [0.29, 0.717) is 12.1 Å². The fourth-order valence-electron chi connectivity index (χ4n) is 3.28. The molecule has 0 aromatic carbocycles. The van der Waals surface area contributed by atoms with Crippen molar-refractivity contribution >= 4 is 5.82 Å². The largest absolute Gasteiger partial charge is 0.351 e. The highest BCUT2D eigenvalue weighted by Crippen LogP contribution is 2.28. The van der Waals surface area contributed by atoms with Crippen molar-refractivity contribution in [3.8, 4) is 0 Å². The topological polar surface area (TPSA) is 19.4 Å². The zero-order valence-electron chi connectivity index (χ0n) is 13.5. The van der Waals surface area contributed by atoms with Gasteiger partial charge in [-0.3, -0.25) is 4.90 Å². The van der Waals surface area contributed by atoms with Crippen LogP contribution in [0.1, 0.15) is 52.5 Å². The van der Waals surface area contributed by atoms with E-state index in [1.54, 1.807) is 0 Å². The molecule has 1 saturated heterocycles. The van der Waals surface area contributed by atoms with Crippen molar-refractivity contribution in [3.63, 3.8) is 0 Å². The number of hydrogen-bond donors (Lipinski definition) is 0. The molecule has 1 aliphatic rings. The molecule has 0 saturated carbocycles. The lowest BCUT2D eigenvalue weighted by Gasteiger charge is -2.40. The average molecular weight is 275 g/mol. The van der Waals surface area contributed by atoms with Crippen LogP contribution in [0.5, 0.6) is 0 Å². The van der Waals surface area contributed by atoms with E-state index in [-0.39, 0.29) is 0 Å². The van der Waals surface area contributed by atoms with Crippen molar-refractivity contribution in [2.45, 2.75) is 65.6 Å². The molecular weight excluding hydrogens is 246 g/mol. The van der Waals surface area contributed by atoms with Crippen LogP contribution in [-0.2, 0) is 6.54 Å². The quantitative estimate of drug-likeness (QED) is 0.817. The maximum atomic E-state index is 4.63. The summed E-state index contributed by atoms with van der Waals surface area (Å²) >= 11 is 0. The van der Waals surface area contributed by atoms with E-state index in [0.717, 1.165) is 25.5 Å². The minimum atomic E-state index is 0.606. The molecule has 0 aliphatic carbocycles. The predicted molar refractivity (Wildman–Crippen MR) is 86.1 cm³/mol. The third kappa shape index (κ3) is 3.51. The monoisotopic (exact) mass is 275 g/mol. The Bertz CT molecular complexity index is 404. The summed E-state index contributed by atoms with van der Waals surface area (Å²) in [6.07, 6.45) is 5.89.